The Morgan fingerprint density at radius 1 is 1.41 bits per heavy atom. The van der Waals surface area contributed by atoms with E-state index in [0.717, 1.165) is 29.4 Å². The van der Waals surface area contributed by atoms with Crippen molar-refractivity contribution in [2.45, 2.75) is 13.1 Å². The Morgan fingerprint density at radius 2 is 2.24 bits per heavy atom. The summed E-state index contributed by atoms with van der Waals surface area (Å²) in [5.41, 5.74) is 1.93. The summed E-state index contributed by atoms with van der Waals surface area (Å²) < 4.78 is 13.0. The Labute approximate surface area is 108 Å². The molecule has 2 aromatic rings. The summed E-state index contributed by atoms with van der Waals surface area (Å²) in [7, 11) is 2.07. The van der Waals surface area contributed by atoms with Crippen molar-refractivity contribution in [2.75, 3.05) is 7.05 Å². The number of nitrogens with zero attached hydrogens (tertiary/aromatic N) is 2. The number of rotatable bonds is 1. The third kappa shape index (κ3) is 1.97. The Balaban J connectivity index is 2.03. The molecule has 0 atom stereocenters. The summed E-state index contributed by atoms with van der Waals surface area (Å²) in [6.45, 7) is 1.82. The molecule has 1 aromatic carbocycles. The van der Waals surface area contributed by atoms with Crippen LogP contribution in [0.3, 0.4) is 0 Å². The normalized spacial score (nSPS) is 15.2. The highest BCUT2D eigenvalue weighted by Gasteiger charge is 2.22. The van der Waals surface area contributed by atoms with Crippen LogP contribution in [0, 0.1) is 5.82 Å². The van der Waals surface area contributed by atoms with Gasteiger partial charge in [-0.2, -0.15) is 0 Å². The van der Waals surface area contributed by atoms with Gasteiger partial charge < -0.3 is 0 Å². The maximum atomic E-state index is 13.0. The maximum absolute atomic E-state index is 13.0. The van der Waals surface area contributed by atoms with Crippen LogP contribution in [0.25, 0.3) is 10.6 Å². The second-order valence-corrected chi connectivity index (χ2v) is 5.68. The molecule has 5 heteroatoms. The van der Waals surface area contributed by atoms with Crippen LogP contribution in [0.15, 0.2) is 18.2 Å². The number of halogens is 2. The summed E-state index contributed by atoms with van der Waals surface area (Å²) in [4.78, 5) is 8.06. The minimum absolute atomic E-state index is 0.317. The first-order valence-electron chi connectivity index (χ1n) is 5.26. The van der Waals surface area contributed by atoms with Crippen molar-refractivity contribution in [1.29, 1.82) is 0 Å². The highest BCUT2D eigenvalue weighted by atomic mass is 35.5. The van der Waals surface area contributed by atoms with Crippen LogP contribution >= 0.6 is 22.9 Å². The first-order valence-corrected chi connectivity index (χ1v) is 6.45. The van der Waals surface area contributed by atoms with Gasteiger partial charge >= 0.3 is 0 Å². The molecule has 0 saturated heterocycles. The zero-order chi connectivity index (χ0) is 12.0. The number of fused-ring (bicyclic) bond motifs is 1. The molecule has 17 heavy (non-hydrogen) atoms. The van der Waals surface area contributed by atoms with Gasteiger partial charge in [-0.3, -0.25) is 4.90 Å². The lowest BCUT2D eigenvalue weighted by molar-refractivity contribution is 0.352. The van der Waals surface area contributed by atoms with E-state index in [-0.39, 0.29) is 5.82 Å². The van der Waals surface area contributed by atoms with Crippen LogP contribution in [0.5, 0.6) is 0 Å². The van der Waals surface area contributed by atoms with Crippen molar-refractivity contribution >= 4 is 22.9 Å². The smallest absolute Gasteiger partial charge is 0.125 e. The fourth-order valence-electron chi connectivity index (χ4n) is 1.97. The van der Waals surface area contributed by atoms with Crippen LogP contribution in [-0.2, 0) is 13.1 Å². The van der Waals surface area contributed by atoms with Crippen molar-refractivity contribution in [1.82, 2.24) is 9.88 Å². The van der Waals surface area contributed by atoms with E-state index in [9.17, 15) is 4.39 Å². The predicted molar refractivity (Wildman–Crippen MR) is 67.7 cm³/mol. The first kappa shape index (κ1) is 11.1. The van der Waals surface area contributed by atoms with E-state index in [1.807, 2.05) is 0 Å². The SMILES string of the molecule is CN1Cc2nc(-c3ccc(F)cc3Cl)sc2C1. The van der Waals surface area contributed by atoms with E-state index in [4.69, 9.17) is 11.6 Å². The minimum atomic E-state index is -0.317. The molecule has 88 valence electrons. The summed E-state index contributed by atoms with van der Waals surface area (Å²) in [5.74, 6) is -0.317. The molecule has 0 amide bonds. The summed E-state index contributed by atoms with van der Waals surface area (Å²) in [6, 6.07) is 4.44. The topological polar surface area (TPSA) is 16.1 Å². The zero-order valence-corrected chi connectivity index (χ0v) is 10.8. The Hall–Kier alpha value is -0.970. The van der Waals surface area contributed by atoms with E-state index in [1.165, 1.54) is 17.0 Å². The van der Waals surface area contributed by atoms with Crippen molar-refractivity contribution in [3.8, 4) is 10.6 Å². The quantitative estimate of drug-likeness (QED) is 0.786. The van der Waals surface area contributed by atoms with Gasteiger partial charge in [-0.05, 0) is 25.2 Å². The van der Waals surface area contributed by atoms with Crippen LogP contribution in [-0.4, -0.2) is 16.9 Å². The molecule has 0 unspecified atom stereocenters. The van der Waals surface area contributed by atoms with Crippen molar-refractivity contribution in [2.24, 2.45) is 0 Å². The van der Waals surface area contributed by atoms with Gasteiger partial charge in [-0.25, -0.2) is 9.37 Å². The molecule has 1 aliphatic heterocycles. The van der Waals surface area contributed by atoms with Gasteiger partial charge in [0.05, 0.1) is 10.7 Å². The van der Waals surface area contributed by atoms with Gasteiger partial charge in [0.1, 0.15) is 10.8 Å². The monoisotopic (exact) mass is 268 g/mol. The number of benzene rings is 1. The summed E-state index contributed by atoms with van der Waals surface area (Å²) in [5, 5.41) is 1.30. The Morgan fingerprint density at radius 3 is 2.94 bits per heavy atom. The van der Waals surface area contributed by atoms with Gasteiger partial charge in [0, 0.05) is 23.5 Å². The second kappa shape index (κ2) is 4.05. The van der Waals surface area contributed by atoms with Gasteiger partial charge in [-0.1, -0.05) is 11.6 Å². The summed E-state index contributed by atoms with van der Waals surface area (Å²) >= 11 is 7.67. The van der Waals surface area contributed by atoms with E-state index < -0.39 is 0 Å². The number of hydrogen-bond donors (Lipinski definition) is 0. The van der Waals surface area contributed by atoms with E-state index in [1.54, 1.807) is 17.4 Å². The largest absolute Gasteiger partial charge is 0.295 e. The molecule has 0 aliphatic carbocycles. The third-order valence-corrected chi connectivity index (χ3v) is 4.20. The molecule has 1 aromatic heterocycles. The number of thiazole rings is 1. The fourth-order valence-corrected chi connectivity index (χ4v) is 3.47. The third-order valence-electron chi connectivity index (χ3n) is 2.77. The maximum Gasteiger partial charge on any atom is 0.125 e. The molecule has 0 spiro atoms. The van der Waals surface area contributed by atoms with Gasteiger partial charge in [0.15, 0.2) is 0 Å². The van der Waals surface area contributed by atoms with E-state index >= 15 is 0 Å². The summed E-state index contributed by atoms with van der Waals surface area (Å²) in [6.07, 6.45) is 0. The average molecular weight is 269 g/mol. The molecule has 0 radical (unpaired) electrons. The molecule has 0 saturated carbocycles. The van der Waals surface area contributed by atoms with Gasteiger partial charge in [0.25, 0.3) is 0 Å². The lowest BCUT2D eigenvalue weighted by atomic mass is 10.2. The van der Waals surface area contributed by atoms with Gasteiger partial charge in [0.2, 0.25) is 0 Å². The van der Waals surface area contributed by atoms with Crippen LogP contribution < -0.4 is 0 Å². The number of aromatic nitrogens is 1. The van der Waals surface area contributed by atoms with E-state index in [2.05, 4.69) is 16.9 Å². The predicted octanol–water partition coefficient (Wildman–Crippen LogP) is 3.55. The van der Waals surface area contributed by atoms with Gasteiger partial charge in [-0.15, -0.1) is 11.3 Å². The molecule has 2 heterocycles. The van der Waals surface area contributed by atoms with Crippen LogP contribution in [0.4, 0.5) is 4.39 Å². The number of hydrogen-bond acceptors (Lipinski definition) is 3. The lowest BCUT2D eigenvalue weighted by Gasteiger charge is -2.05. The molecule has 1 aliphatic rings. The zero-order valence-electron chi connectivity index (χ0n) is 9.20. The molecular weight excluding hydrogens is 259 g/mol. The Kier molecular flexibility index (Phi) is 2.65. The minimum Gasteiger partial charge on any atom is -0.295 e. The average Bonchev–Trinajstić information content (AvgIpc) is 2.74. The fraction of sp³-hybridized carbons (Fsp3) is 0.250. The molecule has 2 nitrogen and oxygen atoms in total. The highest BCUT2D eigenvalue weighted by molar-refractivity contribution is 7.15. The first-order chi connectivity index (χ1) is 8.13. The van der Waals surface area contributed by atoms with Crippen molar-refractivity contribution in [3.63, 3.8) is 0 Å². The Bertz CT molecular complexity index is 558. The molecule has 0 N–H and O–H groups in total. The highest BCUT2D eigenvalue weighted by Crippen LogP contribution is 2.36. The lowest BCUT2D eigenvalue weighted by Crippen LogP contribution is -2.08. The molecule has 0 bridgehead atoms. The van der Waals surface area contributed by atoms with Crippen molar-refractivity contribution in [3.05, 3.63) is 39.6 Å². The molecule has 3 rings (SSSR count). The molecular formula is C12H10ClFN2S. The van der Waals surface area contributed by atoms with Crippen LogP contribution in [0.1, 0.15) is 10.6 Å². The molecule has 0 fully saturated rings. The standard InChI is InChI=1S/C12H10ClFN2S/c1-16-5-10-11(6-16)17-12(15-10)8-3-2-7(14)4-9(8)13/h2-4H,5-6H2,1H3. The van der Waals surface area contributed by atoms with Crippen molar-refractivity contribution < 1.29 is 4.39 Å². The van der Waals surface area contributed by atoms with Crippen LogP contribution in [0.2, 0.25) is 5.02 Å². The second-order valence-electron chi connectivity index (χ2n) is 4.19. The van der Waals surface area contributed by atoms with E-state index in [0.29, 0.717) is 5.02 Å².